The zero-order chi connectivity index (χ0) is 15.7. The second-order valence-electron chi connectivity index (χ2n) is 3.93. The molecule has 0 heterocycles. The number of halogens is 6. The van der Waals surface area contributed by atoms with E-state index in [0.29, 0.717) is 0 Å². The summed E-state index contributed by atoms with van der Waals surface area (Å²) in [5.74, 6) is -9.66. The first-order valence-electron chi connectivity index (χ1n) is 5.40. The average Bonchev–Trinajstić information content (AvgIpc) is 2.44. The Labute approximate surface area is 120 Å². The maximum Gasteiger partial charge on any atom is 0.258 e. The maximum atomic E-state index is 13.4. The fourth-order valence-electron chi connectivity index (χ4n) is 1.51. The Kier molecular flexibility index (Phi) is 4.13. The van der Waals surface area contributed by atoms with Gasteiger partial charge in [0.2, 0.25) is 0 Å². The predicted octanol–water partition coefficient (Wildman–Crippen LogP) is 4.29. The number of nitrogens with one attached hydrogen (secondary N) is 1. The van der Waals surface area contributed by atoms with E-state index in [-0.39, 0.29) is 16.8 Å². The van der Waals surface area contributed by atoms with Gasteiger partial charge in [0, 0.05) is 5.69 Å². The molecular weight excluding hydrogens is 317 g/mol. The van der Waals surface area contributed by atoms with E-state index >= 15 is 0 Å². The highest BCUT2D eigenvalue weighted by atomic mass is 35.5. The molecule has 0 saturated carbocycles. The van der Waals surface area contributed by atoms with E-state index in [1.165, 1.54) is 0 Å². The van der Waals surface area contributed by atoms with Gasteiger partial charge < -0.3 is 5.32 Å². The van der Waals surface area contributed by atoms with Crippen molar-refractivity contribution in [3.63, 3.8) is 0 Å². The first-order valence-corrected chi connectivity index (χ1v) is 5.78. The molecule has 21 heavy (non-hydrogen) atoms. The van der Waals surface area contributed by atoms with E-state index in [9.17, 15) is 26.7 Å². The lowest BCUT2D eigenvalue weighted by Crippen LogP contribution is -2.16. The number of carbonyl (C=O) groups excluding carboxylic acids is 1. The monoisotopic (exact) mass is 321 g/mol. The SMILES string of the molecule is O=C(Nc1ccc(F)c(Cl)c1)c1cc(F)c(F)c(F)c1F. The minimum atomic E-state index is -2.10. The Morgan fingerprint density at radius 2 is 1.57 bits per heavy atom. The summed E-state index contributed by atoms with van der Waals surface area (Å²) in [6.07, 6.45) is 0. The third-order valence-corrected chi connectivity index (χ3v) is 2.81. The van der Waals surface area contributed by atoms with E-state index in [1.807, 2.05) is 0 Å². The van der Waals surface area contributed by atoms with Gasteiger partial charge >= 0.3 is 0 Å². The first kappa shape index (κ1) is 15.2. The van der Waals surface area contributed by atoms with E-state index in [2.05, 4.69) is 5.32 Å². The Morgan fingerprint density at radius 1 is 0.905 bits per heavy atom. The molecule has 0 aliphatic carbocycles. The molecule has 0 aliphatic heterocycles. The van der Waals surface area contributed by atoms with Crippen LogP contribution in [-0.4, -0.2) is 5.91 Å². The maximum absolute atomic E-state index is 13.4. The van der Waals surface area contributed by atoms with Gasteiger partial charge in [-0.25, -0.2) is 22.0 Å². The van der Waals surface area contributed by atoms with E-state index in [0.717, 1.165) is 18.2 Å². The molecule has 2 aromatic carbocycles. The molecule has 2 nitrogen and oxygen atoms in total. The quantitative estimate of drug-likeness (QED) is 0.499. The number of rotatable bonds is 2. The average molecular weight is 322 g/mol. The van der Waals surface area contributed by atoms with Gasteiger partial charge in [-0.15, -0.1) is 0 Å². The molecule has 1 amide bonds. The zero-order valence-corrected chi connectivity index (χ0v) is 10.7. The first-order chi connectivity index (χ1) is 9.81. The lowest BCUT2D eigenvalue weighted by Gasteiger charge is -2.08. The van der Waals surface area contributed by atoms with Gasteiger partial charge in [0.05, 0.1) is 10.6 Å². The van der Waals surface area contributed by atoms with Crippen LogP contribution in [0.4, 0.5) is 27.6 Å². The fraction of sp³-hybridized carbons (Fsp3) is 0. The van der Waals surface area contributed by atoms with Crippen molar-refractivity contribution in [1.29, 1.82) is 0 Å². The lowest BCUT2D eigenvalue weighted by molar-refractivity contribution is 0.102. The number of amides is 1. The molecule has 0 aliphatic rings. The third-order valence-electron chi connectivity index (χ3n) is 2.52. The summed E-state index contributed by atoms with van der Waals surface area (Å²) < 4.78 is 65.1. The molecular formula is C13H5ClF5NO. The Bertz CT molecular complexity index is 735. The van der Waals surface area contributed by atoms with Crippen LogP contribution in [0.3, 0.4) is 0 Å². The number of anilines is 1. The van der Waals surface area contributed by atoms with Crippen molar-refractivity contribution < 1.29 is 26.7 Å². The molecule has 0 saturated heterocycles. The lowest BCUT2D eigenvalue weighted by atomic mass is 10.1. The Balaban J connectivity index is 2.35. The van der Waals surface area contributed by atoms with Crippen molar-refractivity contribution in [2.24, 2.45) is 0 Å². The van der Waals surface area contributed by atoms with Crippen LogP contribution in [0.25, 0.3) is 0 Å². The number of benzene rings is 2. The predicted molar refractivity (Wildman–Crippen MR) is 65.6 cm³/mol. The molecule has 0 bridgehead atoms. The smallest absolute Gasteiger partial charge is 0.258 e. The van der Waals surface area contributed by atoms with Crippen LogP contribution in [0.15, 0.2) is 24.3 Å². The minimum Gasteiger partial charge on any atom is -0.322 e. The van der Waals surface area contributed by atoms with E-state index in [1.54, 1.807) is 0 Å². The summed E-state index contributed by atoms with van der Waals surface area (Å²) in [7, 11) is 0. The van der Waals surface area contributed by atoms with E-state index in [4.69, 9.17) is 11.6 Å². The highest BCUT2D eigenvalue weighted by Gasteiger charge is 2.23. The van der Waals surface area contributed by atoms with Crippen molar-refractivity contribution in [2.45, 2.75) is 0 Å². The minimum absolute atomic E-state index is 0.0315. The number of hydrogen-bond acceptors (Lipinski definition) is 1. The highest BCUT2D eigenvalue weighted by Crippen LogP contribution is 2.22. The normalized spacial score (nSPS) is 10.6. The van der Waals surface area contributed by atoms with Crippen LogP contribution < -0.4 is 5.32 Å². The van der Waals surface area contributed by atoms with Gasteiger partial charge in [-0.2, -0.15) is 0 Å². The van der Waals surface area contributed by atoms with Gasteiger partial charge in [0.15, 0.2) is 23.3 Å². The Hall–Kier alpha value is -2.15. The number of carbonyl (C=O) groups is 1. The van der Waals surface area contributed by atoms with Crippen LogP contribution in [-0.2, 0) is 0 Å². The van der Waals surface area contributed by atoms with Crippen molar-refractivity contribution in [1.82, 2.24) is 0 Å². The van der Waals surface area contributed by atoms with Gasteiger partial charge in [0.25, 0.3) is 5.91 Å². The molecule has 2 aromatic rings. The molecule has 0 atom stereocenters. The van der Waals surface area contributed by atoms with Gasteiger partial charge in [0.1, 0.15) is 5.82 Å². The van der Waals surface area contributed by atoms with Crippen LogP contribution in [0, 0.1) is 29.1 Å². The molecule has 0 fully saturated rings. The van der Waals surface area contributed by atoms with Gasteiger partial charge in [-0.1, -0.05) is 11.6 Å². The molecule has 0 radical (unpaired) electrons. The largest absolute Gasteiger partial charge is 0.322 e. The molecule has 8 heteroatoms. The topological polar surface area (TPSA) is 29.1 Å². The van der Waals surface area contributed by atoms with E-state index < -0.39 is 40.6 Å². The molecule has 0 aromatic heterocycles. The Morgan fingerprint density at radius 3 is 2.19 bits per heavy atom. The fourth-order valence-corrected chi connectivity index (χ4v) is 1.69. The summed E-state index contributed by atoms with van der Waals surface area (Å²) in [5, 5.41) is 1.74. The third kappa shape index (κ3) is 2.97. The van der Waals surface area contributed by atoms with Gasteiger partial charge in [-0.05, 0) is 24.3 Å². The summed E-state index contributed by atoms with van der Waals surface area (Å²) in [6.45, 7) is 0. The van der Waals surface area contributed by atoms with Crippen LogP contribution in [0.2, 0.25) is 5.02 Å². The van der Waals surface area contributed by atoms with Gasteiger partial charge in [-0.3, -0.25) is 4.79 Å². The second kappa shape index (κ2) is 5.69. The summed E-state index contributed by atoms with van der Waals surface area (Å²) in [4.78, 5) is 11.7. The highest BCUT2D eigenvalue weighted by molar-refractivity contribution is 6.31. The van der Waals surface area contributed by atoms with Crippen LogP contribution in [0.5, 0.6) is 0 Å². The second-order valence-corrected chi connectivity index (χ2v) is 4.34. The summed E-state index contributed by atoms with van der Waals surface area (Å²) in [6, 6.07) is 3.27. The molecule has 1 N–H and O–H groups in total. The molecule has 0 spiro atoms. The summed E-state index contributed by atoms with van der Waals surface area (Å²) >= 11 is 5.48. The standard InChI is InChI=1S/C13H5ClF5NO/c14-7-3-5(1-2-8(7)15)20-13(21)6-4-9(16)11(18)12(19)10(6)17/h1-4H,(H,20,21). The summed E-state index contributed by atoms with van der Waals surface area (Å²) in [5.41, 5.74) is -1.07. The molecule has 2 rings (SSSR count). The molecule has 0 unspecified atom stereocenters. The van der Waals surface area contributed by atoms with Crippen LogP contribution >= 0.6 is 11.6 Å². The van der Waals surface area contributed by atoms with Crippen molar-refractivity contribution in [3.8, 4) is 0 Å². The van der Waals surface area contributed by atoms with Crippen molar-refractivity contribution in [2.75, 3.05) is 5.32 Å². The number of hydrogen-bond donors (Lipinski definition) is 1. The zero-order valence-electron chi connectivity index (χ0n) is 9.99. The van der Waals surface area contributed by atoms with Crippen LogP contribution in [0.1, 0.15) is 10.4 Å². The molecule has 110 valence electrons. The van der Waals surface area contributed by atoms with Crippen molar-refractivity contribution >= 4 is 23.2 Å². The van der Waals surface area contributed by atoms with Crippen molar-refractivity contribution in [3.05, 3.63) is 63.9 Å².